The monoisotopic (exact) mass is 433 g/mol. The van der Waals surface area contributed by atoms with Crippen LogP contribution in [0.4, 0.5) is 5.69 Å². The number of hydrogen-bond donors (Lipinski definition) is 1. The molecule has 0 saturated carbocycles. The molecule has 4 rings (SSSR count). The summed E-state index contributed by atoms with van der Waals surface area (Å²) in [4.78, 5) is 17.3. The van der Waals surface area contributed by atoms with E-state index in [0.717, 1.165) is 25.2 Å². The van der Waals surface area contributed by atoms with Crippen molar-refractivity contribution >= 4 is 23.2 Å². The van der Waals surface area contributed by atoms with E-state index in [-0.39, 0.29) is 11.9 Å². The quantitative estimate of drug-likeness (QED) is 0.598. The number of anilines is 1. The molecule has 1 atom stereocenters. The molecular formula is C26H28ClN3O. The van der Waals surface area contributed by atoms with Crippen LogP contribution in [0.2, 0.25) is 5.02 Å². The summed E-state index contributed by atoms with van der Waals surface area (Å²) in [6, 6.07) is 24.4. The van der Waals surface area contributed by atoms with Gasteiger partial charge in [0.05, 0.1) is 6.04 Å². The fraction of sp³-hybridized carbons (Fsp3) is 0.269. The van der Waals surface area contributed by atoms with Gasteiger partial charge < -0.3 is 10.2 Å². The maximum atomic E-state index is 12.7. The van der Waals surface area contributed by atoms with Gasteiger partial charge in [0, 0.05) is 50.0 Å². The van der Waals surface area contributed by atoms with Crippen molar-refractivity contribution in [2.75, 3.05) is 32.1 Å². The Morgan fingerprint density at radius 3 is 2.35 bits per heavy atom. The summed E-state index contributed by atoms with van der Waals surface area (Å²) in [7, 11) is 4.08. The Hall–Kier alpha value is -2.82. The van der Waals surface area contributed by atoms with E-state index in [2.05, 4.69) is 63.6 Å². The van der Waals surface area contributed by atoms with Gasteiger partial charge in [0.15, 0.2) is 0 Å². The Morgan fingerprint density at radius 2 is 1.68 bits per heavy atom. The lowest BCUT2D eigenvalue weighted by Gasteiger charge is -2.36. The van der Waals surface area contributed by atoms with Gasteiger partial charge in [0.2, 0.25) is 0 Å². The molecular weight excluding hydrogens is 406 g/mol. The number of nitrogens with zero attached hydrogens (tertiary/aromatic N) is 2. The van der Waals surface area contributed by atoms with E-state index in [1.54, 1.807) is 24.3 Å². The standard InChI is InChI=1S/C26H28ClN3O/c1-29(2)24-13-9-20(10-14-24)25(17-28-26(31)21-7-11-23(27)12-8-21)30-16-15-19-5-3-4-6-22(19)18-30/h3-14,25H,15-18H2,1-2H3,(H,28,31)/t25-/m0/s1. The first kappa shape index (κ1) is 21.4. The second kappa shape index (κ2) is 9.54. The molecule has 0 aromatic heterocycles. The molecule has 1 aliphatic rings. The van der Waals surface area contributed by atoms with Gasteiger partial charge >= 0.3 is 0 Å². The first-order valence-corrected chi connectivity index (χ1v) is 11.0. The van der Waals surface area contributed by atoms with E-state index in [1.165, 1.54) is 16.7 Å². The van der Waals surface area contributed by atoms with Crippen LogP contribution >= 0.6 is 11.6 Å². The number of halogens is 1. The van der Waals surface area contributed by atoms with Gasteiger partial charge in [0.1, 0.15) is 0 Å². The van der Waals surface area contributed by atoms with Gasteiger partial charge in [-0.25, -0.2) is 0 Å². The van der Waals surface area contributed by atoms with Crippen molar-refractivity contribution in [2.45, 2.75) is 19.0 Å². The Labute approximate surface area is 189 Å². The number of carbonyl (C=O) groups is 1. The molecule has 0 unspecified atom stereocenters. The smallest absolute Gasteiger partial charge is 0.251 e. The Kier molecular flexibility index (Phi) is 6.59. The predicted octanol–water partition coefficient (Wildman–Crippen LogP) is 4.94. The van der Waals surface area contributed by atoms with Crippen LogP contribution in [-0.2, 0) is 13.0 Å². The lowest BCUT2D eigenvalue weighted by molar-refractivity contribution is 0.0928. The maximum Gasteiger partial charge on any atom is 0.251 e. The van der Waals surface area contributed by atoms with Gasteiger partial charge in [-0.1, -0.05) is 48.0 Å². The fourth-order valence-corrected chi connectivity index (χ4v) is 4.25. The van der Waals surface area contributed by atoms with E-state index in [9.17, 15) is 4.79 Å². The number of carbonyl (C=O) groups excluding carboxylic acids is 1. The van der Waals surface area contributed by atoms with Crippen molar-refractivity contribution in [1.29, 1.82) is 0 Å². The van der Waals surface area contributed by atoms with Gasteiger partial charge in [-0.2, -0.15) is 0 Å². The molecule has 160 valence electrons. The number of hydrogen-bond acceptors (Lipinski definition) is 3. The molecule has 1 heterocycles. The molecule has 0 fully saturated rings. The fourth-order valence-electron chi connectivity index (χ4n) is 4.13. The van der Waals surface area contributed by atoms with E-state index >= 15 is 0 Å². The van der Waals surface area contributed by atoms with Crippen molar-refractivity contribution in [1.82, 2.24) is 10.2 Å². The Balaban J connectivity index is 1.55. The van der Waals surface area contributed by atoms with Gasteiger partial charge in [0.25, 0.3) is 5.91 Å². The third-order valence-corrected chi connectivity index (χ3v) is 6.21. The van der Waals surface area contributed by atoms with Crippen molar-refractivity contribution in [2.24, 2.45) is 0 Å². The molecule has 3 aromatic rings. The molecule has 0 saturated heterocycles. The van der Waals surface area contributed by atoms with Gasteiger partial charge in [-0.15, -0.1) is 0 Å². The van der Waals surface area contributed by atoms with E-state index in [1.807, 2.05) is 14.1 Å². The highest BCUT2D eigenvalue weighted by molar-refractivity contribution is 6.30. The van der Waals surface area contributed by atoms with Gasteiger partial charge in [-0.3, -0.25) is 9.69 Å². The number of fused-ring (bicyclic) bond motifs is 1. The Bertz CT molecular complexity index is 1030. The van der Waals surface area contributed by atoms with Crippen LogP contribution < -0.4 is 10.2 Å². The maximum absolute atomic E-state index is 12.7. The molecule has 31 heavy (non-hydrogen) atoms. The first-order chi connectivity index (χ1) is 15.0. The van der Waals surface area contributed by atoms with Crippen molar-refractivity contribution < 1.29 is 4.79 Å². The highest BCUT2D eigenvalue weighted by atomic mass is 35.5. The highest BCUT2D eigenvalue weighted by Crippen LogP contribution is 2.29. The molecule has 5 heteroatoms. The normalized spacial score (nSPS) is 14.5. The minimum absolute atomic E-state index is 0.0796. The molecule has 4 nitrogen and oxygen atoms in total. The second-order valence-corrected chi connectivity index (χ2v) is 8.64. The zero-order valence-electron chi connectivity index (χ0n) is 18.0. The molecule has 1 amide bonds. The molecule has 0 bridgehead atoms. The topological polar surface area (TPSA) is 35.6 Å². The second-order valence-electron chi connectivity index (χ2n) is 8.21. The summed E-state index contributed by atoms with van der Waals surface area (Å²) >= 11 is 5.96. The van der Waals surface area contributed by atoms with Crippen molar-refractivity contribution in [3.63, 3.8) is 0 Å². The lowest BCUT2D eigenvalue weighted by Crippen LogP contribution is -2.40. The number of amides is 1. The summed E-state index contributed by atoms with van der Waals surface area (Å²) in [6.45, 7) is 2.39. The number of rotatable bonds is 6. The van der Waals surface area contributed by atoms with Crippen LogP contribution in [0.3, 0.4) is 0 Å². The summed E-state index contributed by atoms with van der Waals surface area (Å²) in [6.07, 6.45) is 1.02. The van der Waals surface area contributed by atoms with Crippen LogP contribution in [0.1, 0.15) is 33.1 Å². The molecule has 1 N–H and O–H groups in total. The molecule has 0 radical (unpaired) electrons. The number of benzene rings is 3. The van der Waals surface area contributed by atoms with Crippen molar-refractivity contribution in [3.05, 3.63) is 100 Å². The Morgan fingerprint density at radius 1 is 1.00 bits per heavy atom. The van der Waals surface area contributed by atoms with Crippen LogP contribution in [-0.4, -0.2) is 38.0 Å². The zero-order chi connectivity index (χ0) is 21.8. The van der Waals surface area contributed by atoms with Crippen LogP contribution in [0, 0.1) is 0 Å². The third-order valence-electron chi connectivity index (χ3n) is 5.96. The summed E-state index contributed by atoms with van der Waals surface area (Å²) in [5.41, 5.74) is 5.78. The highest BCUT2D eigenvalue weighted by Gasteiger charge is 2.25. The summed E-state index contributed by atoms with van der Waals surface area (Å²) in [5.74, 6) is -0.0796. The van der Waals surface area contributed by atoms with E-state index in [0.29, 0.717) is 17.1 Å². The summed E-state index contributed by atoms with van der Waals surface area (Å²) < 4.78 is 0. The average molecular weight is 434 g/mol. The van der Waals surface area contributed by atoms with E-state index < -0.39 is 0 Å². The number of nitrogens with one attached hydrogen (secondary N) is 1. The van der Waals surface area contributed by atoms with Crippen LogP contribution in [0.5, 0.6) is 0 Å². The minimum atomic E-state index is -0.0796. The largest absolute Gasteiger partial charge is 0.378 e. The molecule has 3 aromatic carbocycles. The average Bonchev–Trinajstić information content (AvgIpc) is 2.79. The molecule has 0 spiro atoms. The lowest BCUT2D eigenvalue weighted by atomic mass is 9.96. The SMILES string of the molecule is CN(C)c1ccc([C@H](CNC(=O)c2ccc(Cl)cc2)N2CCc3ccccc3C2)cc1. The van der Waals surface area contributed by atoms with E-state index in [4.69, 9.17) is 11.6 Å². The molecule has 1 aliphatic heterocycles. The van der Waals surface area contributed by atoms with Crippen molar-refractivity contribution in [3.8, 4) is 0 Å². The minimum Gasteiger partial charge on any atom is -0.378 e. The summed E-state index contributed by atoms with van der Waals surface area (Å²) in [5, 5.41) is 3.77. The zero-order valence-corrected chi connectivity index (χ0v) is 18.8. The first-order valence-electron chi connectivity index (χ1n) is 10.6. The predicted molar refractivity (Wildman–Crippen MR) is 128 cm³/mol. The third kappa shape index (κ3) is 5.09. The van der Waals surface area contributed by atoms with Gasteiger partial charge in [-0.05, 0) is 59.5 Å². The van der Waals surface area contributed by atoms with Crippen LogP contribution in [0.15, 0.2) is 72.8 Å². The molecule has 0 aliphatic carbocycles. The van der Waals surface area contributed by atoms with Crippen LogP contribution in [0.25, 0.3) is 0 Å².